The van der Waals surface area contributed by atoms with Crippen molar-refractivity contribution in [3.05, 3.63) is 11.6 Å². The van der Waals surface area contributed by atoms with E-state index in [1.165, 1.54) is 45.6 Å². The number of allylic oxidation sites excluding steroid dienone is 2. The Morgan fingerprint density at radius 2 is 1.12 bits per heavy atom. The first-order valence-electron chi connectivity index (χ1n) is 6.60. The third-order valence-electron chi connectivity index (χ3n) is 3.77. The summed E-state index contributed by atoms with van der Waals surface area (Å²) in [5, 5.41) is 0. The van der Waals surface area contributed by atoms with Crippen LogP contribution >= 0.6 is 0 Å². The summed E-state index contributed by atoms with van der Waals surface area (Å²) >= 11 is 0. The first-order valence-corrected chi connectivity index (χ1v) is 6.60. The molecule has 0 saturated carbocycles. The van der Waals surface area contributed by atoms with Gasteiger partial charge in [-0.2, -0.15) is 0 Å². The maximum absolute atomic E-state index is 2.47. The Morgan fingerprint density at radius 3 is 1.24 bits per heavy atom. The molecule has 0 aromatic heterocycles. The van der Waals surface area contributed by atoms with Gasteiger partial charge in [0.1, 0.15) is 0 Å². The van der Waals surface area contributed by atoms with Crippen LogP contribution in [-0.2, 0) is 0 Å². The standard InChI is InChI=1S/C7H14.C6H12N4/c1-5-7(4)6(2)3;1-7-2-9-4-8(1)5-10(3-7)6-9/h5-6H,1-4H3;1-6H2/b7-5-;. The molecule has 0 aromatic carbocycles. The van der Waals surface area contributed by atoms with Crippen LogP contribution in [0.5, 0.6) is 0 Å². The van der Waals surface area contributed by atoms with E-state index in [1.54, 1.807) is 0 Å². The second-order valence-electron chi connectivity index (χ2n) is 5.72. The lowest BCUT2D eigenvalue weighted by Crippen LogP contribution is -2.71. The first-order chi connectivity index (χ1) is 8.08. The van der Waals surface area contributed by atoms with E-state index in [0.717, 1.165) is 5.92 Å². The zero-order valence-electron chi connectivity index (χ0n) is 11.7. The van der Waals surface area contributed by atoms with Crippen molar-refractivity contribution >= 4 is 0 Å². The molecule has 4 heterocycles. The SMILES string of the molecule is C/C=C(/C)C(C)C.C1N2CN3CN1CN(C2)C3. The van der Waals surface area contributed by atoms with Crippen molar-refractivity contribution in [1.82, 2.24) is 19.6 Å². The van der Waals surface area contributed by atoms with E-state index in [4.69, 9.17) is 0 Å². The minimum Gasteiger partial charge on any atom is -0.264 e. The second-order valence-corrected chi connectivity index (χ2v) is 5.72. The molecule has 0 aliphatic carbocycles. The predicted octanol–water partition coefficient (Wildman–Crippen LogP) is 1.59. The Kier molecular flexibility index (Phi) is 4.20. The third kappa shape index (κ3) is 3.28. The van der Waals surface area contributed by atoms with Crippen LogP contribution in [0.3, 0.4) is 0 Å². The molecule has 98 valence electrons. The Hall–Kier alpha value is -0.420. The molecule has 4 heteroatoms. The fraction of sp³-hybridized carbons (Fsp3) is 0.846. The second kappa shape index (κ2) is 5.48. The lowest BCUT2D eigenvalue weighted by atomic mass is 10.1. The van der Waals surface area contributed by atoms with Gasteiger partial charge in [-0.3, -0.25) is 19.6 Å². The molecule has 4 aliphatic rings. The Bertz CT molecular complexity index is 229. The van der Waals surface area contributed by atoms with Crippen molar-refractivity contribution in [3.63, 3.8) is 0 Å². The van der Waals surface area contributed by atoms with Crippen molar-refractivity contribution in [3.8, 4) is 0 Å². The van der Waals surface area contributed by atoms with Crippen LogP contribution in [0.25, 0.3) is 0 Å². The largest absolute Gasteiger partial charge is 0.264 e. The maximum atomic E-state index is 2.47. The van der Waals surface area contributed by atoms with E-state index in [9.17, 15) is 0 Å². The predicted molar refractivity (Wildman–Crippen MR) is 70.8 cm³/mol. The summed E-state index contributed by atoms with van der Waals surface area (Å²) in [6.07, 6.45) is 2.16. The van der Waals surface area contributed by atoms with E-state index in [2.05, 4.69) is 53.4 Å². The van der Waals surface area contributed by atoms with Crippen LogP contribution in [0, 0.1) is 5.92 Å². The third-order valence-corrected chi connectivity index (χ3v) is 3.77. The molecular weight excluding hydrogens is 212 g/mol. The van der Waals surface area contributed by atoms with Crippen LogP contribution in [0.1, 0.15) is 27.7 Å². The Morgan fingerprint density at radius 1 is 0.824 bits per heavy atom. The van der Waals surface area contributed by atoms with Crippen molar-refractivity contribution in [2.75, 3.05) is 40.0 Å². The van der Waals surface area contributed by atoms with Crippen LogP contribution in [0.15, 0.2) is 11.6 Å². The van der Waals surface area contributed by atoms with Gasteiger partial charge in [0.25, 0.3) is 0 Å². The molecule has 4 bridgehead atoms. The van der Waals surface area contributed by atoms with Gasteiger partial charge in [-0.05, 0) is 19.8 Å². The fourth-order valence-corrected chi connectivity index (χ4v) is 2.57. The summed E-state index contributed by atoms with van der Waals surface area (Å²) in [5.74, 6) is 0.727. The summed E-state index contributed by atoms with van der Waals surface area (Å²) in [7, 11) is 0. The molecule has 4 saturated heterocycles. The monoisotopic (exact) mass is 238 g/mol. The molecule has 0 N–H and O–H groups in total. The van der Waals surface area contributed by atoms with Gasteiger partial charge in [0.15, 0.2) is 0 Å². The molecule has 0 atom stereocenters. The molecule has 0 unspecified atom stereocenters. The lowest BCUT2D eigenvalue weighted by Gasteiger charge is -2.56. The van der Waals surface area contributed by atoms with E-state index < -0.39 is 0 Å². The summed E-state index contributed by atoms with van der Waals surface area (Å²) in [6, 6.07) is 0. The number of hydrogen-bond acceptors (Lipinski definition) is 4. The maximum Gasteiger partial charge on any atom is 0.0555 e. The minimum absolute atomic E-state index is 0.727. The average Bonchev–Trinajstić information content (AvgIpc) is 2.26. The summed E-state index contributed by atoms with van der Waals surface area (Å²) in [6.45, 7) is 15.8. The van der Waals surface area contributed by atoms with Crippen molar-refractivity contribution in [1.29, 1.82) is 0 Å². The minimum atomic E-state index is 0.727. The van der Waals surface area contributed by atoms with Crippen molar-refractivity contribution < 1.29 is 0 Å². The first kappa shape index (κ1) is 13.0. The zero-order chi connectivity index (χ0) is 12.4. The van der Waals surface area contributed by atoms with Gasteiger partial charge in [-0.25, -0.2) is 0 Å². The van der Waals surface area contributed by atoms with E-state index in [1.807, 2.05) is 0 Å². The Labute approximate surface area is 105 Å². The summed E-state index contributed by atoms with van der Waals surface area (Å²) in [4.78, 5) is 9.88. The molecule has 4 nitrogen and oxygen atoms in total. The lowest BCUT2D eigenvalue weighted by molar-refractivity contribution is -0.194. The van der Waals surface area contributed by atoms with Crippen molar-refractivity contribution in [2.45, 2.75) is 27.7 Å². The van der Waals surface area contributed by atoms with Gasteiger partial charge in [0, 0.05) is 0 Å². The normalized spacial score (nSPS) is 39.2. The van der Waals surface area contributed by atoms with Crippen molar-refractivity contribution in [2.24, 2.45) is 5.92 Å². The molecule has 4 fully saturated rings. The number of nitrogens with zero attached hydrogens (tertiary/aromatic N) is 4. The highest BCUT2D eigenvalue weighted by Crippen LogP contribution is 2.20. The average molecular weight is 238 g/mol. The highest BCUT2D eigenvalue weighted by atomic mass is 15.7. The molecule has 4 aliphatic heterocycles. The van der Waals surface area contributed by atoms with Gasteiger partial charge >= 0.3 is 0 Å². The quantitative estimate of drug-likeness (QED) is 0.643. The molecule has 0 aromatic rings. The van der Waals surface area contributed by atoms with Gasteiger partial charge in [0.05, 0.1) is 40.0 Å². The van der Waals surface area contributed by atoms with Crippen LogP contribution < -0.4 is 0 Å². The zero-order valence-corrected chi connectivity index (χ0v) is 11.7. The van der Waals surface area contributed by atoms with E-state index >= 15 is 0 Å². The number of hydrogen-bond donors (Lipinski definition) is 0. The number of rotatable bonds is 1. The molecular formula is C13H26N4. The van der Waals surface area contributed by atoms with Gasteiger partial charge in [-0.15, -0.1) is 0 Å². The van der Waals surface area contributed by atoms with E-state index in [0.29, 0.717) is 0 Å². The topological polar surface area (TPSA) is 13.0 Å². The molecule has 17 heavy (non-hydrogen) atoms. The summed E-state index contributed by atoms with van der Waals surface area (Å²) < 4.78 is 0. The van der Waals surface area contributed by atoms with Crippen LogP contribution in [0.4, 0.5) is 0 Å². The highest BCUT2D eigenvalue weighted by molar-refractivity contribution is 4.97. The van der Waals surface area contributed by atoms with Crippen LogP contribution in [0.2, 0.25) is 0 Å². The van der Waals surface area contributed by atoms with Gasteiger partial charge in [-0.1, -0.05) is 25.5 Å². The summed E-state index contributed by atoms with van der Waals surface area (Å²) in [5.41, 5.74) is 1.47. The molecule has 0 amide bonds. The molecule has 4 rings (SSSR count). The van der Waals surface area contributed by atoms with Gasteiger partial charge in [0.2, 0.25) is 0 Å². The van der Waals surface area contributed by atoms with E-state index in [-0.39, 0.29) is 0 Å². The smallest absolute Gasteiger partial charge is 0.0555 e. The fourth-order valence-electron chi connectivity index (χ4n) is 2.57. The van der Waals surface area contributed by atoms with Crippen LogP contribution in [-0.4, -0.2) is 59.6 Å². The van der Waals surface area contributed by atoms with Gasteiger partial charge < -0.3 is 0 Å². The molecule has 0 spiro atoms. The Balaban J connectivity index is 0.000000139. The molecule has 0 radical (unpaired) electrons. The highest BCUT2D eigenvalue weighted by Gasteiger charge is 2.36.